The number of thiazole rings is 1. The van der Waals surface area contributed by atoms with E-state index >= 15 is 0 Å². The van der Waals surface area contributed by atoms with Gasteiger partial charge in [0.1, 0.15) is 5.82 Å². The predicted molar refractivity (Wildman–Crippen MR) is 73.6 cm³/mol. The molecule has 0 N–H and O–H groups in total. The molecule has 0 bridgehead atoms. The molecule has 0 saturated heterocycles. The largest absolute Gasteiger partial charge is 0.345 e. The zero-order valence-corrected chi connectivity index (χ0v) is 11.5. The summed E-state index contributed by atoms with van der Waals surface area (Å²) in [6.07, 6.45) is 2.83. The molecule has 0 radical (unpaired) electrons. The van der Waals surface area contributed by atoms with Crippen LogP contribution in [0.15, 0.2) is 35.8 Å². The minimum absolute atomic E-state index is 0.0307. The first kappa shape index (κ1) is 13.7. The number of carbonyl (C=O) groups is 1. The van der Waals surface area contributed by atoms with Crippen molar-refractivity contribution in [1.82, 2.24) is 9.88 Å². The number of benzene rings is 1. The van der Waals surface area contributed by atoms with E-state index in [2.05, 4.69) is 4.98 Å². The zero-order valence-electron chi connectivity index (χ0n) is 10.7. The highest BCUT2D eigenvalue weighted by Crippen LogP contribution is 2.07. The molecule has 1 heterocycles. The van der Waals surface area contributed by atoms with E-state index in [4.69, 9.17) is 0 Å². The summed E-state index contributed by atoms with van der Waals surface area (Å²) in [5.74, 6) is -0.253. The summed E-state index contributed by atoms with van der Waals surface area (Å²) in [4.78, 5) is 17.8. The molecule has 2 rings (SSSR count). The topological polar surface area (TPSA) is 33.2 Å². The van der Waals surface area contributed by atoms with Crippen LogP contribution in [-0.2, 0) is 17.6 Å². The number of halogens is 1. The lowest BCUT2D eigenvalue weighted by molar-refractivity contribution is -0.129. The van der Waals surface area contributed by atoms with Crippen molar-refractivity contribution in [2.24, 2.45) is 0 Å². The van der Waals surface area contributed by atoms with Gasteiger partial charge in [-0.2, -0.15) is 0 Å². The number of nitrogens with zero attached hydrogens (tertiary/aromatic N) is 2. The van der Waals surface area contributed by atoms with Gasteiger partial charge in [0.2, 0.25) is 5.91 Å². The first-order valence-corrected chi connectivity index (χ1v) is 6.90. The van der Waals surface area contributed by atoms with Gasteiger partial charge < -0.3 is 4.90 Å². The van der Waals surface area contributed by atoms with Gasteiger partial charge in [-0.15, -0.1) is 11.3 Å². The normalized spacial score (nSPS) is 10.4. The van der Waals surface area contributed by atoms with Gasteiger partial charge in [-0.3, -0.25) is 4.79 Å². The van der Waals surface area contributed by atoms with E-state index in [1.54, 1.807) is 41.6 Å². The van der Waals surface area contributed by atoms with Crippen LogP contribution in [0, 0.1) is 5.82 Å². The minimum Gasteiger partial charge on any atom is -0.345 e. The van der Waals surface area contributed by atoms with Crippen LogP contribution < -0.4 is 0 Å². The number of carbonyl (C=O) groups excluding carboxylic acids is 1. The SMILES string of the molecule is CN(CCc1nccs1)C(=O)Cc1ccc(F)cc1. The molecule has 1 amide bonds. The van der Waals surface area contributed by atoms with Gasteiger partial charge in [-0.25, -0.2) is 9.37 Å². The fraction of sp³-hybridized carbons (Fsp3) is 0.286. The number of hydrogen-bond donors (Lipinski definition) is 0. The molecule has 0 unspecified atom stereocenters. The van der Waals surface area contributed by atoms with Crippen molar-refractivity contribution in [3.8, 4) is 0 Å². The van der Waals surface area contributed by atoms with Crippen LogP contribution in [0.4, 0.5) is 4.39 Å². The summed E-state index contributed by atoms with van der Waals surface area (Å²) in [7, 11) is 1.78. The average molecular weight is 278 g/mol. The molecule has 100 valence electrons. The summed E-state index contributed by atoms with van der Waals surface area (Å²) in [6, 6.07) is 6.03. The summed E-state index contributed by atoms with van der Waals surface area (Å²) in [6.45, 7) is 0.646. The third-order valence-electron chi connectivity index (χ3n) is 2.84. The minimum atomic E-state index is -0.284. The average Bonchev–Trinajstić information content (AvgIpc) is 2.91. The summed E-state index contributed by atoms with van der Waals surface area (Å²) in [5.41, 5.74) is 0.826. The molecule has 0 aliphatic carbocycles. The maximum atomic E-state index is 12.8. The molecule has 5 heteroatoms. The zero-order chi connectivity index (χ0) is 13.7. The van der Waals surface area contributed by atoms with Gasteiger partial charge >= 0.3 is 0 Å². The number of likely N-dealkylation sites (N-methyl/N-ethyl adjacent to an activating group) is 1. The standard InChI is InChI=1S/C14H15FN2OS/c1-17(8-6-13-16-7-9-19-13)14(18)10-11-2-4-12(15)5-3-11/h2-5,7,9H,6,8,10H2,1H3. The fourth-order valence-corrected chi connectivity index (χ4v) is 2.29. The van der Waals surface area contributed by atoms with Gasteiger partial charge in [-0.1, -0.05) is 12.1 Å². The highest BCUT2D eigenvalue weighted by Gasteiger charge is 2.10. The molecule has 0 aliphatic heterocycles. The second-order valence-corrected chi connectivity index (χ2v) is 5.27. The molecule has 0 fully saturated rings. The van der Waals surface area contributed by atoms with Gasteiger partial charge in [0.25, 0.3) is 0 Å². The van der Waals surface area contributed by atoms with E-state index in [0.717, 1.165) is 17.0 Å². The molecular formula is C14H15FN2OS. The Bertz CT molecular complexity index is 525. The molecule has 1 aromatic heterocycles. The number of rotatable bonds is 5. The predicted octanol–water partition coefficient (Wildman–Crippen LogP) is 2.53. The van der Waals surface area contributed by atoms with E-state index in [1.165, 1.54) is 12.1 Å². The number of amides is 1. The monoisotopic (exact) mass is 278 g/mol. The van der Waals surface area contributed by atoms with Gasteiger partial charge in [0.05, 0.1) is 11.4 Å². The maximum absolute atomic E-state index is 12.8. The number of hydrogen-bond acceptors (Lipinski definition) is 3. The van der Waals surface area contributed by atoms with E-state index in [9.17, 15) is 9.18 Å². The first-order valence-electron chi connectivity index (χ1n) is 6.02. The molecule has 3 nitrogen and oxygen atoms in total. The molecule has 0 atom stereocenters. The lowest BCUT2D eigenvalue weighted by Crippen LogP contribution is -2.30. The molecule has 19 heavy (non-hydrogen) atoms. The molecule has 0 aliphatic rings. The Balaban J connectivity index is 1.83. The van der Waals surface area contributed by atoms with Crippen LogP contribution in [0.3, 0.4) is 0 Å². The Kier molecular flexibility index (Phi) is 4.63. The maximum Gasteiger partial charge on any atom is 0.226 e. The molecule has 0 spiro atoms. The Morgan fingerprint density at radius 1 is 1.37 bits per heavy atom. The van der Waals surface area contributed by atoms with Crippen molar-refractivity contribution in [3.05, 3.63) is 52.2 Å². The second kappa shape index (κ2) is 6.43. The number of aromatic nitrogens is 1. The summed E-state index contributed by atoms with van der Waals surface area (Å²) >= 11 is 1.59. The van der Waals surface area contributed by atoms with Crippen molar-refractivity contribution in [2.75, 3.05) is 13.6 Å². The third-order valence-corrected chi connectivity index (χ3v) is 3.68. The highest BCUT2D eigenvalue weighted by molar-refractivity contribution is 7.09. The molecular weight excluding hydrogens is 263 g/mol. The lowest BCUT2D eigenvalue weighted by Gasteiger charge is -2.16. The van der Waals surface area contributed by atoms with Crippen molar-refractivity contribution in [3.63, 3.8) is 0 Å². The second-order valence-electron chi connectivity index (χ2n) is 4.29. The van der Waals surface area contributed by atoms with Crippen molar-refractivity contribution < 1.29 is 9.18 Å². The molecule has 1 aromatic carbocycles. The molecule has 2 aromatic rings. The van der Waals surface area contributed by atoms with Gasteiger partial charge in [-0.05, 0) is 17.7 Å². The van der Waals surface area contributed by atoms with Crippen molar-refractivity contribution in [1.29, 1.82) is 0 Å². The van der Waals surface area contributed by atoms with E-state index < -0.39 is 0 Å². The third kappa shape index (κ3) is 4.13. The summed E-state index contributed by atoms with van der Waals surface area (Å²) < 4.78 is 12.8. The lowest BCUT2D eigenvalue weighted by atomic mass is 10.1. The Hall–Kier alpha value is -1.75. The summed E-state index contributed by atoms with van der Waals surface area (Å²) in [5, 5.41) is 2.96. The smallest absolute Gasteiger partial charge is 0.226 e. The van der Waals surface area contributed by atoms with Gasteiger partial charge in [0.15, 0.2) is 0 Å². The van der Waals surface area contributed by atoms with Crippen LogP contribution in [0.1, 0.15) is 10.6 Å². The van der Waals surface area contributed by atoms with E-state index in [-0.39, 0.29) is 11.7 Å². The molecule has 0 saturated carbocycles. The van der Waals surface area contributed by atoms with Crippen molar-refractivity contribution >= 4 is 17.2 Å². The Morgan fingerprint density at radius 3 is 2.74 bits per heavy atom. The van der Waals surface area contributed by atoms with Crippen LogP contribution in [0.5, 0.6) is 0 Å². The fourth-order valence-electron chi connectivity index (χ4n) is 1.68. The van der Waals surface area contributed by atoms with E-state index in [1.807, 2.05) is 5.38 Å². The van der Waals surface area contributed by atoms with E-state index in [0.29, 0.717) is 13.0 Å². The van der Waals surface area contributed by atoms with Crippen molar-refractivity contribution in [2.45, 2.75) is 12.8 Å². The first-order chi connectivity index (χ1) is 9.15. The highest BCUT2D eigenvalue weighted by atomic mass is 32.1. The van der Waals surface area contributed by atoms with Crippen LogP contribution >= 0.6 is 11.3 Å². The van der Waals surface area contributed by atoms with Gasteiger partial charge in [0, 0.05) is 31.6 Å². The quantitative estimate of drug-likeness (QED) is 0.842. The van der Waals surface area contributed by atoms with Crippen LogP contribution in [-0.4, -0.2) is 29.4 Å². The van der Waals surface area contributed by atoms with Crippen LogP contribution in [0.25, 0.3) is 0 Å². The Morgan fingerprint density at radius 2 is 2.11 bits per heavy atom. The van der Waals surface area contributed by atoms with Crippen LogP contribution in [0.2, 0.25) is 0 Å². The Labute approximate surface area is 115 Å².